The Morgan fingerprint density at radius 1 is 1.22 bits per heavy atom. The Hall–Kier alpha value is -2.60. The fourth-order valence-electron chi connectivity index (χ4n) is 3.58. The zero-order chi connectivity index (χ0) is 19.4. The number of rotatable bonds is 7. The summed E-state index contributed by atoms with van der Waals surface area (Å²) in [6.45, 7) is 6.76. The first-order chi connectivity index (χ1) is 13.0. The standard InChI is InChI=1S/C21H27N3O3/c1-15-12-19(20(25)13-23-11-9-22-21(26)14-23)16(2)24(15)10-8-17-4-6-18(27-3)7-5-17/h4-7,12H,8-11,13-14H2,1-3H3,(H,22,26). The van der Waals surface area contributed by atoms with E-state index in [0.29, 0.717) is 19.6 Å². The Balaban J connectivity index is 1.66. The van der Waals surface area contributed by atoms with E-state index in [1.54, 1.807) is 7.11 Å². The van der Waals surface area contributed by atoms with E-state index in [2.05, 4.69) is 22.0 Å². The molecule has 1 amide bonds. The molecule has 1 fully saturated rings. The largest absolute Gasteiger partial charge is 0.497 e. The summed E-state index contributed by atoms with van der Waals surface area (Å²) in [6, 6.07) is 10.0. The number of Topliss-reactive ketones (excluding diaryl/α,β-unsaturated/α-hetero) is 1. The lowest BCUT2D eigenvalue weighted by Gasteiger charge is -2.25. The molecule has 0 unspecified atom stereocenters. The second-order valence-corrected chi connectivity index (χ2v) is 7.02. The van der Waals surface area contributed by atoms with Crippen LogP contribution in [0, 0.1) is 13.8 Å². The first kappa shape index (κ1) is 19.2. The molecule has 1 aromatic heterocycles. The van der Waals surface area contributed by atoms with E-state index in [0.717, 1.165) is 35.7 Å². The SMILES string of the molecule is COc1ccc(CCn2c(C)cc(C(=O)CN3CCNC(=O)C3)c2C)cc1. The first-order valence-electron chi connectivity index (χ1n) is 9.30. The van der Waals surface area contributed by atoms with Gasteiger partial charge in [-0.2, -0.15) is 0 Å². The van der Waals surface area contributed by atoms with Crippen molar-refractivity contribution in [1.29, 1.82) is 0 Å². The molecule has 1 aliphatic heterocycles. The Kier molecular flexibility index (Phi) is 5.96. The summed E-state index contributed by atoms with van der Waals surface area (Å²) >= 11 is 0. The topological polar surface area (TPSA) is 63.6 Å². The molecule has 0 spiro atoms. The van der Waals surface area contributed by atoms with Crippen LogP contribution in [0.2, 0.25) is 0 Å². The summed E-state index contributed by atoms with van der Waals surface area (Å²) in [6.07, 6.45) is 0.889. The van der Waals surface area contributed by atoms with Crippen LogP contribution in [0.4, 0.5) is 0 Å². The first-order valence-corrected chi connectivity index (χ1v) is 9.30. The van der Waals surface area contributed by atoms with Gasteiger partial charge in [0.05, 0.1) is 20.2 Å². The molecule has 0 saturated carbocycles. The minimum absolute atomic E-state index is 0.0148. The van der Waals surface area contributed by atoms with Gasteiger partial charge in [-0.15, -0.1) is 0 Å². The van der Waals surface area contributed by atoms with E-state index in [4.69, 9.17) is 4.74 Å². The van der Waals surface area contributed by atoms with Crippen molar-refractivity contribution in [3.05, 3.63) is 52.8 Å². The average molecular weight is 369 g/mol. The monoisotopic (exact) mass is 369 g/mol. The van der Waals surface area contributed by atoms with E-state index in [9.17, 15) is 9.59 Å². The number of nitrogens with zero attached hydrogens (tertiary/aromatic N) is 2. The van der Waals surface area contributed by atoms with Crippen LogP contribution in [-0.4, -0.2) is 54.4 Å². The van der Waals surface area contributed by atoms with E-state index in [-0.39, 0.29) is 18.2 Å². The number of benzene rings is 1. The normalized spacial score (nSPS) is 14.9. The molecule has 3 rings (SSSR count). The summed E-state index contributed by atoms with van der Waals surface area (Å²) in [5, 5.41) is 2.79. The van der Waals surface area contributed by atoms with Crippen LogP contribution >= 0.6 is 0 Å². The van der Waals surface area contributed by atoms with Gasteiger partial charge in [-0.05, 0) is 44.0 Å². The van der Waals surface area contributed by atoms with Gasteiger partial charge in [0.1, 0.15) is 5.75 Å². The van der Waals surface area contributed by atoms with Crippen LogP contribution in [0.25, 0.3) is 0 Å². The Labute approximate surface area is 160 Å². The maximum atomic E-state index is 12.8. The lowest BCUT2D eigenvalue weighted by Crippen LogP contribution is -2.49. The highest BCUT2D eigenvalue weighted by molar-refractivity contribution is 5.99. The van der Waals surface area contributed by atoms with Crippen molar-refractivity contribution >= 4 is 11.7 Å². The lowest BCUT2D eigenvalue weighted by atomic mass is 10.1. The number of piperazine rings is 1. The van der Waals surface area contributed by atoms with Crippen LogP contribution < -0.4 is 10.1 Å². The number of amides is 1. The average Bonchev–Trinajstić information content (AvgIpc) is 2.94. The van der Waals surface area contributed by atoms with Crippen molar-refractivity contribution in [2.75, 3.05) is 33.3 Å². The quantitative estimate of drug-likeness (QED) is 0.758. The molecule has 0 bridgehead atoms. The zero-order valence-corrected chi connectivity index (χ0v) is 16.2. The summed E-state index contributed by atoms with van der Waals surface area (Å²) in [5.74, 6) is 0.916. The number of nitrogens with one attached hydrogen (secondary N) is 1. The van der Waals surface area contributed by atoms with Crippen molar-refractivity contribution in [3.63, 3.8) is 0 Å². The van der Waals surface area contributed by atoms with Gasteiger partial charge in [0.15, 0.2) is 5.78 Å². The van der Waals surface area contributed by atoms with Gasteiger partial charge in [0, 0.05) is 36.6 Å². The molecule has 144 valence electrons. The number of ketones is 1. The molecule has 6 nitrogen and oxygen atoms in total. The number of carbonyl (C=O) groups excluding carboxylic acids is 2. The fourth-order valence-corrected chi connectivity index (χ4v) is 3.58. The molecule has 1 aromatic carbocycles. The number of aryl methyl sites for hydroxylation is 2. The third kappa shape index (κ3) is 4.57. The molecule has 6 heteroatoms. The minimum atomic E-state index is -0.0148. The summed E-state index contributed by atoms with van der Waals surface area (Å²) in [4.78, 5) is 26.2. The lowest BCUT2D eigenvalue weighted by molar-refractivity contribution is -0.123. The maximum Gasteiger partial charge on any atom is 0.234 e. The second kappa shape index (κ2) is 8.39. The number of hydrogen-bond acceptors (Lipinski definition) is 4. The number of aromatic nitrogens is 1. The van der Waals surface area contributed by atoms with Crippen molar-refractivity contribution in [2.24, 2.45) is 0 Å². The highest BCUT2D eigenvalue weighted by atomic mass is 16.5. The smallest absolute Gasteiger partial charge is 0.234 e. The van der Waals surface area contributed by atoms with Crippen LogP contribution in [0.3, 0.4) is 0 Å². The number of methoxy groups -OCH3 is 1. The highest BCUT2D eigenvalue weighted by Crippen LogP contribution is 2.18. The van der Waals surface area contributed by atoms with Gasteiger partial charge in [-0.1, -0.05) is 12.1 Å². The minimum Gasteiger partial charge on any atom is -0.497 e. The maximum absolute atomic E-state index is 12.8. The molecule has 1 saturated heterocycles. The number of hydrogen-bond donors (Lipinski definition) is 1. The molecule has 1 N–H and O–H groups in total. The van der Waals surface area contributed by atoms with Crippen molar-refractivity contribution in [3.8, 4) is 5.75 Å². The third-order valence-corrected chi connectivity index (χ3v) is 5.14. The second-order valence-electron chi connectivity index (χ2n) is 7.02. The van der Waals surface area contributed by atoms with Gasteiger partial charge >= 0.3 is 0 Å². The third-order valence-electron chi connectivity index (χ3n) is 5.14. The van der Waals surface area contributed by atoms with Gasteiger partial charge in [0.2, 0.25) is 5.91 Å². The van der Waals surface area contributed by atoms with Crippen LogP contribution in [0.1, 0.15) is 27.3 Å². The molecular weight excluding hydrogens is 342 g/mol. The number of carbonyl (C=O) groups is 2. The summed E-state index contributed by atoms with van der Waals surface area (Å²) in [7, 11) is 1.66. The molecule has 0 aliphatic carbocycles. The van der Waals surface area contributed by atoms with Gasteiger partial charge in [0.25, 0.3) is 0 Å². The molecule has 1 aliphatic rings. The van der Waals surface area contributed by atoms with E-state index in [1.807, 2.05) is 36.9 Å². The highest BCUT2D eigenvalue weighted by Gasteiger charge is 2.22. The fraction of sp³-hybridized carbons (Fsp3) is 0.429. The van der Waals surface area contributed by atoms with Crippen LogP contribution in [-0.2, 0) is 17.8 Å². The van der Waals surface area contributed by atoms with Gasteiger partial charge < -0.3 is 14.6 Å². The van der Waals surface area contributed by atoms with Crippen molar-refractivity contribution in [1.82, 2.24) is 14.8 Å². The Morgan fingerprint density at radius 3 is 2.63 bits per heavy atom. The van der Waals surface area contributed by atoms with E-state index in [1.165, 1.54) is 5.56 Å². The van der Waals surface area contributed by atoms with E-state index < -0.39 is 0 Å². The molecular formula is C21H27N3O3. The van der Waals surface area contributed by atoms with Crippen LogP contribution in [0.5, 0.6) is 5.75 Å². The summed E-state index contributed by atoms with van der Waals surface area (Å²) in [5.41, 5.74) is 4.07. The zero-order valence-electron chi connectivity index (χ0n) is 16.2. The summed E-state index contributed by atoms with van der Waals surface area (Å²) < 4.78 is 7.39. The molecule has 2 aromatic rings. The molecule has 2 heterocycles. The molecule has 27 heavy (non-hydrogen) atoms. The predicted molar refractivity (Wildman–Crippen MR) is 104 cm³/mol. The molecule has 0 atom stereocenters. The van der Waals surface area contributed by atoms with Crippen molar-refractivity contribution in [2.45, 2.75) is 26.8 Å². The van der Waals surface area contributed by atoms with Crippen LogP contribution in [0.15, 0.2) is 30.3 Å². The molecule has 0 radical (unpaired) electrons. The van der Waals surface area contributed by atoms with Gasteiger partial charge in [-0.3, -0.25) is 14.5 Å². The van der Waals surface area contributed by atoms with E-state index >= 15 is 0 Å². The van der Waals surface area contributed by atoms with Crippen molar-refractivity contribution < 1.29 is 14.3 Å². The Morgan fingerprint density at radius 2 is 1.96 bits per heavy atom. The number of ether oxygens (including phenoxy) is 1. The van der Waals surface area contributed by atoms with Gasteiger partial charge in [-0.25, -0.2) is 0 Å². The predicted octanol–water partition coefficient (Wildman–Crippen LogP) is 1.97. The Bertz CT molecular complexity index is 824.